The lowest BCUT2D eigenvalue weighted by Gasteiger charge is -2.09. The second-order valence-electron chi connectivity index (χ2n) is 4.40. The highest BCUT2D eigenvalue weighted by atomic mass is 32.2. The predicted molar refractivity (Wildman–Crippen MR) is 73.9 cm³/mol. The summed E-state index contributed by atoms with van der Waals surface area (Å²) in [6.45, 7) is 4.11. The molecule has 0 saturated carbocycles. The number of aryl methyl sites for hydroxylation is 1. The minimum atomic E-state index is -4.25. The first-order valence-corrected chi connectivity index (χ1v) is 7.89. The zero-order valence-corrected chi connectivity index (χ0v) is 12.7. The van der Waals surface area contributed by atoms with Gasteiger partial charge in [-0.2, -0.15) is 0 Å². The molecule has 1 rings (SSSR count). The maximum Gasteiger partial charge on any atom is 0.338 e. The molecule has 0 atom stereocenters. The molecule has 0 unspecified atom stereocenters. The van der Waals surface area contributed by atoms with Crippen molar-refractivity contribution in [1.29, 1.82) is 0 Å². The summed E-state index contributed by atoms with van der Waals surface area (Å²) in [5.74, 6) is -1.73. The highest BCUT2D eigenvalue weighted by molar-refractivity contribution is 7.89. The lowest BCUT2D eigenvalue weighted by atomic mass is 10.1. The zero-order chi connectivity index (χ0) is 16.0. The van der Waals surface area contributed by atoms with Crippen molar-refractivity contribution >= 4 is 16.0 Å². The van der Waals surface area contributed by atoms with Crippen LogP contribution in [0.2, 0.25) is 0 Å². The molecule has 0 bridgehead atoms. The molecule has 0 spiro atoms. The van der Waals surface area contributed by atoms with Crippen LogP contribution in [0.15, 0.2) is 17.0 Å². The van der Waals surface area contributed by atoms with E-state index in [9.17, 15) is 17.6 Å². The van der Waals surface area contributed by atoms with Gasteiger partial charge in [-0.05, 0) is 31.0 Å². The number of carbonyl (C=O) groups is 1. The molecule has 0 saturated heterocycles. The van der Waals surface area contributed by atoms with E-state index in [-0.39, 0.29) is 24.3 Å². The van der Waals surface area contributed by atoms with E-state index < -0.39 is 26.7 Å². The number of primary sulfonamides is 1. The smallest absolute Gasteiger partial charge is 0.338 e. The molecule has 1 aromatic rings. The van der Waals surface area contributed by atoms with Gasteiger partial charge in [0.05, 0.1) is 12.2 Å². The second-order valence-corrected chi connectivity index (χ2v) is 5.93. The Morgan fingerprint density at radius 3 is 2.52 bits per heavy atom. The van der Waals surface area contributed by atoms with Gasteiger partial charge in [0.2, 0.25) is 10.0 Å². The summed E-state index contributed by atoms with van der Waals surface area (Å²) in [4.78, 5) is 11.1. The van der Waals surface area contributed by atoms with Crippen molar-refractivity contribution in [3.63, 3.8) is 0 Å². The first-order valence-electron chi connectivity index (χ1n) is 6.35. The highest BCUT2D eigenvalue weighted by Crippen LogP contribution is 2.19. The van der Waals surface area contributed by atoms with Crippen LogP contribution in [0.1, 0.15) is 29.3 Å². The predicted octanol–water partition coefficient (Wildman–Crippen LogP) is 1.36. The minimum Gasteiger partial charge on any atom is -0.460 e. The molecule has 2 N–H and O–H groups in total. The molecule has 0 aliphatic heterocycles. The Labute approximate surface area is 123 Å². The summed E-state index contributed by atoms with van der Waals surface area (Å²) in [5.41, 5.74) is -0.0795. The Kier molecular flexibility index (Phi) is 6.25. The molecule has 0 amide bonds. The molecule has 0 aromatic heterocycles. The van der Waals surface area contributed by atoms with Gasteiger partial charge in [-0.15, -0.1) is 0 Å². The number of hydrogen-bond acceptors (Lipinski definition) is 5. The summed E-state index contributed by atoms with van der Waals surface area (Å²) < 4.78 is 46.3. The maximum absolute atomic E-state index is 13.7. The quantitative estimate of drug-likeness (QED) is 0.605. The van der Waals surface area contributed by atoms with E-state index in [2.05, 4.69) is 0 Å². The van der Waals surface area contributed by atoms with Gasteiger partial charge in [-0.1, -0.05) is 6.92 Å². The summed E-state index contributed by atoms with van der Waals surface area (Å²) in [6, 6.07) is 2.08. The molecule has 21 heavy (non-hydrogen) atoms. The van der Waals surface area contributed by atoms with Crippen LogP contribution < -0.4 is 5.14 Å². The molecule has 8 heteroatoms. The van der Waals surface area contributed by atoms with Crippen molar-refractivity contribution in [2.75, 3.05) is 19.8 Å². The summed E-state index contributed by atoms with van der Waals surface area (Å²) in [7, 11) is -4.25. The summed E-state index contributed by atoms with van der Waals surface area (Å²) in [5, 5.41) is 4.91. The Bertz CT molecular complexity index is 615. The van der Waals surface area contributed by atoms with Crippen LogP contribution in [-0.2, 0) is 19.5 Å². The summed E-state index contributed by atoms with van der Waals surface area (Å²) in [6.07, 6.45) is 0.850. The minimum absolute atomic E-state index is 0.00397. The van der Waals surface area contributed by atoms with E-state index in [1.165, 1.54) is 13.0 Å². The molecule has 0 radical (unpaired) electrons. The largest absolute Gasteiger partial charge is 0.460 e. The van der Waals surface area contributed by atoms with E-state index in [0.717, 1.165) is 12.5 Å². The van der Waals surface area contributed by atoms with Crippen molar-refractivity contribution in [2.24, 2.45) is 5.14 Å². The molecule has 0 heterocycles. The Hall–Kier alpha value is -1.51. The van der Waals surface area contributed by atoms with Crippen molar-refractivity contribution in [2.45, 2.75) is 25.2 Å². The van der Waals surface area contributed by atoms with Gasteiger partial charge in [0, 0.05) is 6.61 Å². The normalized spacial score (nSPS) is 11.4. The number of esters is 1. The average Bonchev–Trinajstić information content (AvgIpc) is 2.39. The van der Waals surface area contributed by atoms with Crippen molar-refractivity contribution < 1.29 is 27.1 Å². The number of nitrogens with two attached hydrogens (primary N) is 1. The average molecular weight is 319 g/mol. The molecular weight excluding hydrogens is 301 g/mol. The van der Waals surface area contributed by atoms with Gasteiger partial charge in [0.15, 0.2) is 0 Å². The fraction of sp³-hybridized carbons (Fsp3) is 0.462. The van der Waals surface area contributed by atoms with E-state index in [0.29, 0.717) is 6.61 Å². The topological polar surface area (TPSA) is 95.7 Å². The van der Waals surface area contributed by atoms with Gasteiger partial charge >= 0.3 is 5.97 Å². The Balaban J connectivity index is 2.84. The molecule has 0 fully saturated rings. The molecule has 0 aliphatic rings. The first-order chi connectivity index (χ1) is 9.77. The van der Waals surface area contributed by atoms with E-state index in [4.69, 9.17) is 14.6 Å². The van der Waals surface area contributed by atoms with Gasteiger partial charge in [-0.3, -0.25) is 0 Å². The number of halogens is 1. The number of sulfonamides is 1. The lowest BCUT2D eigenvalue weighted by Crippen LogP contribution is -2.17. The van der Waals surface area contributed by atoms with Crippen LogP contribution in [-0.4, -0.2) is 34.2 Å². The SMILES string of the molecule is CCCOCCOC(=O)c1cc(C)c(F)c(S(N)(=O)=O)c1. The van der Waals surface area contributed by atoms with Crippen LogP contribution >= 0.6 is 0 Å². The monoisotopic (exact) mass is 319 g/mol. The van der Waals surface area contributed by atoms with E-state index in [1.54, 1.807) is 0 Å². The Morgan fingerprint density at radius 1 is 1.29 bits per heavy atom. The molecule has 0 aliphatic carbocycles. The number of ether oxygens (including phenoxy) is 2. The van der Waals surface area contributed by atoms with E-state index >= 15 is 0 Å². The van der Waals surface area contributed by atoms with Crippen LogP contribution in [0.3, 0.4) is 0 Å². The molecule has 6 nitrogen and oxygen atoms in total. The van der Waals surface area contributed by atoms with Gasteiger partial charge in [0.1, 0.15) is 17.3 Å². The van der Waals surface area contributed by atoms with Gasteiger partial charge < -0.3 is 9.47 Å². The Morgan fingerprint density at radius 2 is 1.95 bits per heavy atom. The summed E-state index contributed by atoms with van der Waals surface area (Å²) >= 11 is 0. The standard InChI is InChI=1S/C13H18FNO5S/c1-3-4-19-5-6-20-13(16)10-7-9(2)12(14)11(8-10)21(15,17)18/h7-8H,3-6H2,1-2H3,(H2,15,17,18). The molecule has 1 aromatic carbocycles. The van der Waals surface area contributed by atoms with Crippen molar-refractivity contribution in [1.82, 2.24) is 0 Å². The maximum atomic E-state index is 13.7. The van der Waals surface area contributed by atoms with Crippen molar-refractivity contribution in [3.05, 3.63) is 29.1 Å². The van der Waals surface area contributed by atoms with E-state index in [1.807, 2.05) is 6.92 Å². The number of carbonyl (C=O) groups excluding carboxylic acids is 1. The third kappa shape index (κ3) is 5.07. The van der Waals surface area contributed by atoms with Crippen LogP contribution in [0.4, 0.5) is 4.39 Å². The lowest BCUT2D eigenvalue weighted by molar-refractivity contribution is 0.0318. The molecule has 118 valence electrons. The number of hydrogen-bond donors (Lipinski definition) is 1. The zero-order valence-electron chi connectivity index (χ0n) is 11.9. The molecular formula is C13H18FNO5S. The number of benzene rings is 1. The van der Waals surface area contributed by atoms with Gasteiger partial charge in [0.25, 0.3) is 0 Å². The van der Waals surface area contributed by atoms with Gasteiger partial charge in [-0.25, -0.2) is 22.7 Å². The van der Waals surface area contributed by atoms with Crippen molar-refractivity contribution in [3.8, 4) is 0 Å². The third-order valence-corrected chi connectivity index (χ3v) is 3.48. The third-order valence-electron chi connectivity index (χ3n) is 2.57. The fourth-order valence-corrected chi connectivity index (χ4v) is 2.29. The van der Waals surface area contributed by atoms with Crippen LogP contribution in [0, 0.1) is 12.7 Å². The van der Waals surface area contributed by atoms with Crippen LogP contribution in [0.5, 0.6) is 0 Å². The van der Waals surface area contributed by atoms with Crippen LogP contribution in [0.25, 0.3) is 0 Å². The first kappa shape index (κ1) is 17.5. The number of rotatable bonds is 7. The highest BCUT2D eigenvalue weighted by Gasteiger charge is 2.20. The fourth-order valence-electron chi connectivity index (χ4n) is 1.59. The second kappa shape index (κ2) is 7.48.